The van der Waals surface area contributed by atoms with Gasteiger partial charge in [0.2, 0.25) is 0 Å². The maximum Gasteiger partial charge on any atom is 0.0834 e. The van der Waals surface area contributed by atoms with E-state index in [0.717, 1.165) is 10.2 Å². The monoisotopic (exact) mass is 244 g/mol. The van der Waals surface area contributed by atoms with Gasteiger partial charge in [0.25, 0.3) is 0 Å². The number of benzene rings is 1. The minimum absolute atomic E-state index is 0.275. The zero-order valence-corrected chi connectivity index (χ0v) is 8.79. The summed E-state index contributed by atoms with van der Waals surface area (Å²) in [6.45, 7) is 0.747. The molecule has 0 fully saturated rings. The molecule has 0 radical (unpaired) electrons. The van der Waals surface area contributed by atoms with Crippen LogP contribution in [-0.2, 0) is 0 Å². The van der Waals surface area contributed by atoms with Crippen LogP contribution in [-0.4, -0.2) is 24.3 Å². The third-order valence-electron chi connectivity index (χ3n) is 1.67. The number of halogens is 1. The third kappa shape index (κ3) is 3.34. The lowest BCUT2D eigenvalue weighted by Crippen LogP contribution is -2.27. The van der Waals surface area contributed by atoms with Gasteiger partial charge in [-0.15, -0.1) is 0 Å². The zero-order chi connectivity index (χ0) is 9.68. The largest absolute Gasteiger partial charge is 0.390 e. The normalized spacial score (nSPS) is 12.5. The van der Waals surface area contributed by atoms with Gasteiger partial charge >= 0.3 is 0 Å². The number of hydrogen-bond acceptors (Lipinski definition) is 3. The molecule has 1 rings (SSSR count). The predicted molar refractivity (Wildman–Crippen MR) is 57.7 cm³/mol. The summed E-state index contributed by atoms with van der Waals surface area (Å²) in [6.07, 6.45) is -0.493. The molecule has 0 spiro atoms. The molecule has 0 aliphatic rings. The molecular formula is C9H13BrN2O. The summed E-state index contributed by atoms with van der Waals surface area (Å²) in [4.78, 5) is 0. The summed E-state index contributed by atoms with van der Waals surface area (Å²) in [5.74, 6) is 0. The van der Waals surface area contributed by atoms with Crippen LogP contribution < -0.4 is 11.1 Å². The second kappa shape index (κ2) is 5.21. The molecule has 0 saturated carbocycles. The molecule has 4 heteroatoms. The van der Waals surface area contributed by atoms with Gasteiger partial charge in [0, 0.05) is 23.2 Å². The Morgan fingerprint density at radius 3 is 2.77 bits per heavy atom. The number of nitrogens with two attached hydrogens (primary N) is 1. The Morgan fingerprint density at radius 1 is 1.46 bits per heavy atom. The van der Waals surface area contributed by atoms with Gasteiger partial charge in [-0.05, 0) is 28.1 Å². The van der Waals surface area contributed by atoms with E-state index >= 15 is 0 Å². The predicted octanol–water partition coefficient (Wildman–Crippen LogP) is 1.18. The molecule has 1 aromatic carbocycles. The van der Waals surface area contributed by atoms with E-state index in [0.29, 0.717) is 6.54 Å². The number of para-hydroxylation sites is 1. The van der Waals surface area contributed by atoms with Crippen molar-refractivity contribution in [1.82, 2.24) is 0 Å². The van der Waals surface area contributed by atoms with Crippen LogP contribution in [0.25, 0.3) is 0 Å². The van der Waals surface area contributed by atoms with E-state index in [2.05, 4.69) is 21.2 Å². The van der Waals surface area contributed by atoms with Crippen molar-refractivity contribution < 1.29 is 5.11 Å². The van der Waals surface area contributed by atoms with Crippen molar-refractivity contribution in [2.24, 2.45) is 5.73 Å². The van der Waals surface area contributed by atoms with E-state index in [1.807, 2.05) is 24.3 Å². The molecule has 0 aromatic heterocycles. The van der Waals surface area contributed by atoms with Crippen molar-refractivity contribution in [3.05, 3.63) is 28.7 Å². The number of rotatable bonds is 4. The standard InChI is InChI=1S/C9H13BrN2O/c10-8-3-1-2-4-9(8)12-6-7(13)5-11/h1-4,7,12-13H,5-6,11H2/t7-/m0/s1. The molecular weight excluding hydrogens is 232 g/mol. The van der Waals surface area contributed by atoms with Crippen LogP contribution in [0.1, 0.15) is 0 Å². The Bertz CT molecular complexity index is 268. The van der Waals surface area contributed by atoms with Crippen molar-refractivity contribution in [3.8, 4) is 0 Å². The molecule has 1 atom stereocenters. The molecule has 13 heavy (non-hydrogen) atoms. The highest BCUT2D eigenvalue weighted by Gasteiger charge is 2.01. The Labute approximate surface area is 86.1 Å². The Balaban J connectivity index is 2.50. The Hall–Kier alpha value is -0.580. The molecule has 72 valence electrons. The summed E-state index contributed by atoms with van der Waals surface area (Å²) in [7, 11) is 0. The molecule has 0 amide bonds. The van der Waals surface area contributed by atoms with Gasteiger partial charge in [-0.2, -0.15) is 0 Å². The molecule has 0 saturated heterocycles. The molecule has 0 unspecified atom stereocenters. The average Bonchev–Trinajstić information content (AvgIpc) is 2.16. The molecule has 0 aliphatic heterocycles. The highest BCUT2D eigenvalue weighted by molar-refractivity contribution is 9.10. The van der Waals surface area contributed by atoms with E-state index in [9.17, 15) is 5.11 Å². The van der Waals surface area contributed by atoms with E-state index in [-0.39, 0.29) is 6.54 Å². The first-order valence-electron chi connectivity index (χ1n) is 4.10. The Kier molecular flexibility index (Phi) is 4.21. The number of hydrogen-bond donors (Lipinski definition) is 3. The first-order valence-corrected chi connectivity index (χ1v) is 4.90. The highest BCUT2D eigenvalue weighted by Crippen LogP contribution is 2.20. The van der Waals surface area contributed by atoms with Gasteiger partial charge in [0.05, 0.1) is 6.10 Å². The van der Waals surface area contributed by atoms with Gasteiger partial charge in [-0.3, -0.25) is 0 Å². The minimum Gasteiger partial charge on any atom is -0.390 e. The van der Waals surface area contributed by atoms with Gasteiger partial charge in [0.15, 0.2) is 0 Å². The SMILES string of the molecule is NC[C@H](O)CNc1ccccc1Br. The van der Waals surface area contributed by atoms with Gasteiger partial charge < -0.3 is 16.2 Å². The average molecular weight is 245 g/mol. The lowest BCUT2D eigenvalue weighted by molar-refractivity contribution is 0.196. The second-order valence-corrected chi connectivity index (χ2v) is 3.60. The summed E-state index contributed by atoms with van der Waals surface area (Å²) in [6, 6.07) is 7.75. The first-order chi connectivity index (χ1) is 6.24. The topological polar surface area (TPSA) is 58.3 Å². The molecule has 0 heterocycles. The maximum absolute atomic E-state index is 9.21. The van der Waals surface area contributed by atoms with Crippen LogP contribution in [0.2, 0.25) is 0 Å². The first kappa shape index (κ1) is 10.5. The van der Waals surface area contributed by atoms with Crippen molar-refractivity contribution >= 4 is 21.6 Å². The van der Waals surface area contributed by atoms with Crippen molar-refractivity contribution in [1.29, 1.82) is 0 Å². The molecule has 4 N–H and O–H groups in total. The fourth-order valence-corrected chi connectivity index (χ4v) is 1.34. The van der Waals surface area contributed by atoms with Crippen LogP contribution in [0.4, 0.5) is 5.69 Å². The second-order valence-electron chi connectivity index (χ2n) is 2.75. The van der Waals surface area contributed by atoms with Crippen LogP contribution in [0.15, 0.2) is 28.7 Å². The number of anilines is 1. The van der Waals surface area contributed by atoms with Gasteiger partial charge in [0.1, 0.15) is 0 Å². The quantitative estimate of drug-likeness (QED) is 0.746. The maximum atomic E-state index is 9.21. The van der Waals surface area contributed by atoms with Gasteiger partial charge in [-0.1, -0.05) is 12.1 Å². The lowest BCUT2D eigenvalue weighted by atomic mass is 10.3. The van der Waals surface area contributed by atoms with E-state index in [1.165, 1.54) is 0 Å². The summed E-state index contributed by atoms with van der Waals surface area (Å²) >= 11 is 3.39. The van der Waals surface area contributed by atoms with Crippen LogP contribution in [0.5, 0.6) is 0 Å². The highest BCUT2D eigenvalue weighted by atomic mass is 79.9. The van der Waals surface area contributed by atoms with Crippen LogP contribution in [0.3, 0.4) is 0 Å². The summed E-state index contributed by atoms with van der Waals surface area (Å²) < 4.78 is 0.985. The molecule has 3 nitrogen and oxygen atoms in total. The van der Waals surface area contributed by atoms with Crippen molar-refractivity contribution in [3.63, 3.8) is 0 Å². The number of aliphatic hydroxyl groups is 1. The fourth-order valence-electron chi connectivity index (χ4n) is 0.916. The van der Waals surface area contributed by atoms with E-state index in [4.69, 9.17) is 5.73 Å². The lowest BCUT2D eigenvalue weighted by Gasteiger charge is -2.11. The van der Waals surface area contributed by atoms with E-state index in [1.54, 1.807) is 0 Å². The smallest absolute Gasteiger partial charge is 0.0834 e. The molecule has 1 aromatic rings. The fraction of sp³-hybridized carbons (Fsp3) is 0.333. The zero-order valence-electron chi connectivity index (χ0n) is 7.20. The minimum atomic E-state index is -0.493. The molecule has 0 aliphatic carbocycles. The van der Waals surface area contributed by atoms with Gasteiger partial charge in [-0.25, -0.2) is 0 Å². The summed E-state index contributed by atoms with van der Waals surface area (Å²) in [5.41, 5.74) is 6.24. The number of nitrogens with one attached hydrogen (secondary N) is 1. The van der Waals surface area contributed by atoms with E-state index < -0.39 is 6.10 Å². The van der Waals surface area contributed by atoms with Crippen LogP contribution >= 0.6 is 15.9 Å². The van der Waals surface area contributed by atoms with Crippen LogP contribution in [0, 0.1) is 0 Å². The number of aliphatic hydroxyl groups excluding tert-OH is 1. The Morgan fingerprint density at radius 2 is 2.15 bits per heavy atom. The third-order valence-corrected chi connectivity index (χ3v) is 2.37. The summed E-state index contributed by atoms with van der Waals surface area (Å²) in [5, 5.41) is 12.3. The van der Waals surface area contributed by atoms with Crippen molar-refractivity contribution in [2.45, 2.75) is 6.10 Å². The van der Waals surface area contributed by atoms with Crippen molar-refractivity contribution in [2.75, 3.05) is 18.4 Å². The molecule has 0 bridgehead atoms.